The van der Waals surface area contributed by atoms with Crippen LogP contribution < -0.4 is 4.74 Å². The van der Waals surface area contributed by atoms with Crippen molar-refractivity contribution in [3.05, 3.63) is 29.8 Å². The molecule has 0 N–H and O–H groups in total. The standard InChI is InChI=1S/C18H29N3O2/c1-4-20(5-2)18(22)21-12-10-19(11-13-21)14-15-23-17-8-6-16(3)7-9-17/h6-9H,4-5,10-15H2,1-3H3. The Kier molecular flexibility index (Phi) is 6.71. The number of carbonyl (C=O) groups excluding carboxylic acids is 1. The lowest BCUT2D eigenvalue weighted by Crippen LogP contribution is -2.53. The van der Waals surface area contributed by atoms with Gasteiger partial charge in [0.15, 0.2) is 0 Å². The van der Waals surface area contributed by atoms with E-state index in [0.717, 1.165) is 51.6 Å². The average Bonchev–Trinajstić information content (AvgIpc) is 2.58. The number of amides is 2. The van der Waals surface area contributed by atoms with Gasteiger partial charge in [0.05, 0.1) is 0 Å². The Hall–Kier alpha value is -1.75. The molecule has 1 fully saturated rings. The highest BCUT2D eigenvalue weighted by atomic mass is 16.5. The van der Waals surface area contributed by atoms with Gasteiger partial charge in [0.25, 0.3) is 0 Å². The van der Waals surface area contributed by atoms with E-state index in [9.17, 15) is 4.79 Å². The van der Waals surface area contributed by atoms with Gasteiger partial charge in [-0.1, -0.05) is 17.7 Å². The fourth-order valence-corrected chi connectivity index (χ4v) is 2.78. The molecule has 1 aromatic rings. The van der Waals surface area contributed by atoms with E-state index in [-0.39, 0.29) is 6.03 Å². The first-order valence-corrected chi connectivity index (χ1v) is 8.59. The van der Waals surface area contributed by atoms with Gasteiger partial charge in [-0.15, -0.1) is 0 Å². The molecule has 0 radical (unpaired) electrons. The summed E-state index contributed by atoms with van der Waals surface area (Å²) in [4.78, 5) is 18.5. The van der Waals surface area contributed by atoms with E-state index in [1.165, 1.54) is 5.56 Å². The maximum atomic E-state index is 12.3. The largest absolute Gasteiger partial charge is 0.492 e. The number of benzene rings is 1. The molecule has 0 aliphatic carbocycles. The molecule has 1 saturated heterocycles. The Morgan fingerprint density at radius 3 is 2.26 bits per heavy atom. The summed E-state index contributed by atoms with van der Waals surface area (Å²) < 4.78 is 5.78. The first-order chi connectivity index (χ1) is 11.1. The van der Waals surface area contributed by atoms with Gasteiger partial charge < -0.3 is 14.5 Å². The Morgan fingerprint density at radius 1 is 1.09 bits per heavy atom. The number of rotatable bonds is 6. The molecule has 1 aliphatic heterocycles. The Labute approximate surface area is 139 Å². The number of nitrogens with zero attached hydrogens (tertiary/aromatic N) is 3. The predicted octanol–water partition coefficient (Wildman–Crippen LogP) is 2.45. The van der Waals surface area contributed by atoms with E-state index in [0.29, 0.717) is 6.61 Å². The number of carbonyl (C=O) groups is 1. The minimum absolute atomic E-state index is 0.172. The number of hydrogen-bond acceptors (Lipinski definition) is 3. The van der Waals surface area contributed by atoms with Crippen LogP contribution in [0.25, 0.3) is 0 Å². The van der Waals surface area contributed by atoms with Crippen molar-refractivity contribution in [1.82, 2.24) is 14.7 Å². The van der Waals surface area contributed by atoms with Crippen LogP contribution in [0.2, 0.25) is 0 Å². The zero-order valence-electron chi connectivity index (χ0n) is 14.6. The van der Waals surface area contributed by atoms with Crippen molar-refractivity contribution in [2.75, 3.05) is 52.4 Å². The first-order valence-electron chi connectivity index (χ1n) is 8.59. The quantitative estimate of drug-likeness (QED) is 0.808. The molecule has 0 atom stereocenters. The molecule has 1 aromatic carbocycles. The Balaban J connectivity index is 1.68. The lowest BCUT2D eigenvalue weighted by molar-refractivity contribution is 0.107. The van der Waals surface area contributed by atoms with Crippen molar-refractivity contribution in [2.45, 2.75) is 20.8 Å². The normalized spacial score (nSPS) is 15.5. The number of urea groups is 1. The van der Waals surface area contributed by atoms with Crippen molar-refractivity contribution < 1.29 is 9.53 Å². The molecule has 1 heterocycles. The summed E-state index contributed by atoms with van der Waals surface area (Å²) >= 11 is 0. The molecule has 2 rings (SSSR count). The molecule has 0 spiro atoms. The van der Waals surface area contributed by atoms with Crippen LogP contribution in [0.1, 0.15) is 19.4 Å². The highest BCUT2D eigenvalue weighted by molar-refractivity contribution is 5.74. The monoisotopic (exact) mass is 319 g/mol. The van der Waals surface area contributed by atoms with Gasteiger partial charge in [0.2, 0.25) is 0 Å². The van der Waals surface area contributed by atoms with Crippen molar-refractivity contribution >= 4 is 6.03 Å². The molecule has 5 heteroatoms. The number of piperazine rings is 1. The molecule has 0 unspecified atom stereocenters. The third-order valence-electron chi connectivity index (χ3n) is 4.37. The fraction of sp³-hybridized carbons (Fsp3) is 0.611. The van der Waals surface area contributed by atoms with E-state index < -0.39 is 0 Å². The second-order valence-electron chi connectivity index (χ2n) is 5.95. The van der Waals surface area contributed by atoms with Crippen molar-refractivity contribution in [1.29, 1.82) is 0 Å². The summed E-state index contributed by atoms with van der Waals surface area (Å²) in [6.07, 6.45) is 0. The minimum Gasteiger partial charge on any atom is -0.492 e. The van der Waals surface area contributed by atoms with Crippen molar-refractivity contribution in [3.63, 3.8) is 0 Å². The topological polar surface area (TPSA) is 36.0 Å². The highest BCUT2D eigenvalue weighted by Gasteiger charge is 2.23. The highest BCUT2D eigenvalue weighted by Crippen LogP contribution is 2.11. The summed E-state index contributed by atoms with van der Waals surface area (Å²) in [6.45, 7) is 12.7. The van der Waals surface area contributed by atoms with E-state index in [4.69, 9.17) is 4.74 Å². The zero-order valence-corrected chi connectivity index (χ0v) is 14.6. The second-order valence-corrected chi connectivity index (χ2v) is 5.95. The van der Waals surface area contributed by atoms with Gasteiger partial charge in [0.1, 0.15) is 12.4 Å². The van der Waals surface area contributed by atoms with Crippen LogP contribution in [0.3, 0.4) is 0 Å². The van der Waals surface area contributed by atoms with Gasteiger partial charge >= 0.3 is 6.03 Å². The summed E-state index contributed by atoms with van der Waals surface area (Å²) in [5.41, 5.74) is 1.24. The third-order valence-corrected chi connectivity index (χ3v) is 4.37. The molecule has 1 aliphatic rings. The fourth-order valence-electron chi connectivity index (χ4n) is 2.78. The second kappa shape index (κ2) is 8.77. The number of ether oxygens (including phenoxy) is 1. The van der Waals surface area contributed by atoms with E-state index in [1.807, 2.05) is 35.8 Å². The zero-order chi connectivity index (χ0) is 16.7. The molecule has 0 saturated carbocycles. The third kappa shape index (κ3) is 5.13. The molecule has 23 heavy (non-hydrogen) atoms. The molecular formula is C18H29N3O2. The van der Waals surface area contributed by atoms with Crippen LogP contribution in [0, 0.1) is 6.92 Å². The van der Waals surface area contributed by atoms with Gasteiger partial charge in [-0.3, -0.25) is 4.90 Å². The molecular weight excluding hydrogens is 290 g/mol. The molecule has 128 valence electrons. The molecule has 2 amide bonds. The molecule has 0 bridgehead atoms. The minimum atomic E-state index is 0.172. The Bertz CT molecular complexity index is 478. The lowest BCUT2D eigenvalue weighted by Gasteiger charge is -2.37. The van der Waals surface area contributed by atoms with Gasteiger partial charge in [0, 0.05) is 45.8 Å². The van der Waals surface area contributed by atoms with Crippen LogP contribution in [0.4, 0.5) is 4.79 Å². The van der Waals surface area contributed by atoms with Gasteiger partial charge in [-0.25, -0.2) is 4.79 Å². The molecule has 5 nitrogen and oxygen atoms in total. The Morgan fingerprint density at radius 2 is 1.70 bits per heavy atom. The summed E-state index contributed by atoms with van der Waals surface area (Å²) in [5.74, 6) is 0.922. The average molecular weight is 319 g/mol. The van der Waals surface area contributed by atoms with E-state index >= 15 is 0 Å². The van der Waals surface area contributed by atoms with E-state index in [2.05, 4.69) is 24.0 Å². The van der Waals surface area contributed by atoms with Gasteiger partial charge in [-0.05, 0) is 32.9 Å². The predicted molar refractivity (Wildman–Crippen MR) is 93.0 cm³/mol. The van der Waals surface area contributed by atoms with Gasteiger partial charge in [-0.2, -0.15) is 0 Å². The van der Waals surface area contributed by atoms with Crippen LogP contribution in [0.5, 0.6) is 5.75 Å². The van der Waals surface area contributed by atoms with Crippen LogP contribution in [-0.2, 0) is 0 Å². The van der Waals surface area contributed by atoms with Crippen LogP contribution in [-0.4, -0.2) is 73.2 Å². The summed E-state index contributed by atoms with van der Waals surface area (Å²) in [5, 5.41) is 0. The summed E-state index contributed by atoms with van der Waals surface area (Å²) in [6, 6.07) is 8.32. The molecule has 0 aromatic heterocycles. The van der Waals surface area contributed by atoms with E-state index in [1.54, 1.807) is 0 Å². The number of hydrogen-bond donors (Lipinski definition) is 0. The first kappa shape index (κ1) is 17.6. The van der Waals surface area contributed by atoms with Crippen LogP contribution >= 0.6 is 0 Å². The summed E-state index contributed by atoms with van der Waals surface area (Å²) in [7, 11) is 0. The number of aryl methyl sites for hydroxylation is 1. The smallest absolute Gasteiger partial charge is 0.320 e. The SMILES string of the molecule is CCN(CC)C(=O)N1CCN(CCOc2ccc(C)cc2)CC1. The van der Waals surface area contributed by atoms with Crippen molar-refractivity contribution in [3.8, 4) is 5.75 Å². The maximum absolute atomic E-state index is 12.3. The lowest BCUT2D eigenvalue weighted by atomic mass is 10.2. The maximum Gasteiger partial charge on any atom is 0.320 e. The van der Waals surface area contributed by atoms with Crippen molar-refractivity contribution in [2.24, 2.45) is 0 Å². The van der Waals surface area contributed by atoms with Crippen LogP contribution in [0.15, 0.2) is 24.3 Å².